The van der Waals surface area contributed by atoms with E-state index in [1.54, 1.807) is 14.2 Å². The van der Waals surface area contributed by atoms with Crippen molar-refractivity contribution in [3.8, 4) is 0 Å². The molecule has 0 saturated carbocycles. The molecule has 0 radical (unpaired) electrons. The quantitative estimate of drug-likeness (QED) is 0.276. The van der Waals surface area contributed by atoms with Crippen LogP contribution >= 0.6 is 24.0 Å². The first kappa shape index (κ1) is 21.9. The Labute approximate surface area is 166 Å². The number of ether oxygens (including phenoxy) is 1. The second-order valence-corrected chi connectivity index (χ2v) is 5.72. The van der Waals surface area contributed by atoms with Gasteiger partial charge >= 0.3 is 0 Å². The number of nitrogens with zero attached hydrogens (tertiary/aromatic N) is 3. The van der Waals surface area contributed by atoms with E-state index >= 15 is 0 Å². The number of anilines is 1. The van der Waals surface area contributed by atoms with Gasteiger partial charge in [0, 0.05) is 65.7 Å². The van der Waals surface area contributed by atoms with Crippen LogP contribution in [-0.4, -0.2) is 77.4 Å². The standard InChI is InChI=1S/C17H28FN5O.HI/c1-19-17(21-8-14-24-2)20-7-9-22-10-12-23(13-11-22)16-5-3-15(18)4-6-16;/h3-6H,7-14H2,1-2H3,(H2,19,20,21);1H. The largest absolute Gasteiger partial charge is 0.383 e. The molecule has 2 N–H and O–H groups in total. The third kappa shape index (κ3) is 7.74. The molecule has 2 rings (SSSR count). The van der Waals surface area contributed by atoms with E-state index in [0.29, 0.717) is 6.61 Å². The van der Waals surface area contributed by atoms with Gasteiger partial charge < -0.3 is 20.3 Å². The van der Waals surface area contributed by atoms with E-state index < -0.39 is 0 Å². The van der Waals surface area contributed by atoms with Crippen molar-refractivity contribution in [2.24, 2.45) is 4.99 Å². The lowest BCUT2D eigenvalue weighted by molar-refractivity contribution is 0.203. The summed E-state index contributed by atoms with van der Waals surface area (Å²) in [7, 11) is 3.45. The lowest BCUT2D eigenvalue weighted by Crippen LogP contribution is -2.49. The topological polar surface area (TPSA) is 52.1 Å². The Balaban J connectivity index is 0.00000312. The number of benzene rings is 1. The highest BCUT2D eigenvalue weighted by Gasteiger charge is 2.16. The molecular formula is C17H29FIN5O. The van der Waals surface area contributed by atoms with E-state index in [1.807, 2.05) is 12.1 Å². The van der Waals surface area contributed by atoms with Crippen molar-refractivity contribution in [1.29, 1.82) is 0 Å². The van der Waals surface area contributed by atoms with Crippen LogP contribution in [0.5, 0.6) is 0 Å². The van der Waals surface area contributed by atoms with Crippen LogP contribution in [-0.2, 0) is 4.74 Å². The normalized spacial score (nSPS) is 15.6. The Kier molecular flexibility index (Phi) is 10.7. The summed E-state index contributed by atoms with van der Waals surface area (Å²) in [5, 5.41) is 6.51. The van der Waals surface area contributed by atoms with Crippen LogP contribution in [0.25, 0.3) is 0 Å². The van der Waals surface area contributed by atoms with Gasteiger partial charge in [0.15, 0.2) is 5.96 Å². The summed E-state index contributed by atoms with van der Waals surface area (Å²) in [5.74, 6) is 0.618. The number of piperazine rings is 1. The molecule has 1 aromatic rings. The SMILES string of the molecule is CN=C(NCCOC)NCCN1CCN(c2ccc(F)cc2)CC1.I. The molecule has 0 spiro atoms. The Bertz CT molecular complexity index is 506. The van der Waals surface area contributed by atoms with Crippen LogP contribution < -0.4 is 15.5 Å². The minimum absolute atomic E-state index is 0. The van der Waals surface area contributed by atoms with Crippen LogP contribution in [0.4, 0.5) is 10.1 Å². The highest BCUT2D eigenvalue weighted by molar-refractivity contribution is 14.0. The summed E-state index contributed by atoms with van der Waals surface area (Å²) in [6, 6.07) is 6.74. The third-order valence-corrected chi connectivity index (χ3v) is 4.11. The predicted molar refractivity (Wildman–Crippen MR) is 112 cm³/mol. The third-order valence-electron chi connectivity index (χ3n) is 4.11. The zero-order valence-electron chi connectivity index (χ0n) is 15.0. The molecule has 0 aliphatic carbocycles. The molecule has 0 amide bonds. The fourth-order valence-electron chi connectivity index (χ4n) is 2.71. The number of hydrogen-bond acceptors (Lipinski definition) is 4. The van der Waals surface area contributed by atoms with Crippen molar-refractivity contribution in [3.63, 3.8) is 0 Å². The first-order valence-electron chi connectivity index (χ1n) is 8.39. The second kappa shape index (κ2) is 12.3. The van der Waals surface area contributed by atoms with Crippen LogP contribution in [0.1, 0.15) is 0 Å². The molecule has 1 heterocycles. The number of nitrogens with one attached hydrogen (secondary N) is 2. The predicted octanol–water partition coefficient (Wildman–Crippen LogP) is 1.38. The average molecular weight is 465 g/mol. The number of hydrogen-bond donors (Lipinski definition) is 2. The molecule has 6 nitrogen and oxygen atoms in total. The van der Waals surface area contributed by atoms with Gasteiger partial charge in [-0.15, -0.1) is 24.0 Å². The van der Waals surface area contributed by atoms with E-state index in [0.717, 1.165) is 57.5 Å². The van der Waals surface area contributed by atoms with Crippen molar-refractivity contribution in [2.45, 2.75) is 0 Å². The molecule has 25 heavy (non-hydrogen) atoms. The first-order valence-corrected chi connectivity index (χ1v) is 8.39. The minimum Gasteiger partial charge on any atom is -0.383 e. The molecule has 0 unspecified atom stereocenters. The van der Waals surface area contributed by atoms with Gasteiger partial charge in [-0.2, -0.15) is 0 Å². The Hall–Kier alpha value is -1.13. The monoisotopic (exact) mass is 465 g/mol. The Morgan fingerprint density at radius 1 is 1.12 bits per heavy atom. The van der Waals surface area contributed by atoms with Gasteiger partial charge in [0.05, 0.1) is 6.61 Å². The molecule has 0 aromatic heterocycles. The van der Waals surface area contributed by atoms with Gasteiger partial charge in [-0.1, -0.05) is 0 Å². The van der Waals surface area contributed by atoms with Gasteiger partial charge in [-0.05, 0) is 24.3 Å². The highest BCUT2D eigenvalue weighted by atomic mass is 127. The van der Waals surface area contributed by atoms with Gasteiger partial charge in [0.2, 0.25) is 0 Å². The molecule has 1 fully saturated rings. The molecule has 1 aromatic carbocycles. The van der Waals surface area contributed by atoms with Gasteiger partial charge in [-0.3, -0.25) is 9.89 Å². The van der Waals surface area contributed by atoms with Crippen molar-refractivity contribution >= 4 is 35.6 Å². The first-order chi connectivity index (χ1) is 11.7. The number of rotatable bonds is 7. The summed E-state index contributed by atoms with van der Waals surface area (Å²) in [6.07, 6.45) is 0. The van der Waals surface area contributed by atoms with E-state index in [1.165, 1.54) is 12.1 Å². The lowest BCUT2D eigenvalue weighted by Gasteiger charge is -2.36. The molecule has 0 atom stereocenters. The maximum atomic E-state index is 13.0. The zero-order chi connectivity index (χ0) is 17.2. The highest BCUT2D eigenvalue weighted by Crippen LogP contribution is 2.16. The van der Waals surface area contributed by atoms with Crippen molar-refractivity contribution in [2.75, 3.05) is 71.5 Å². The molecular weight excluding hydrogens is 436 g/mol. The fourth-order valence-corrected chi connectivity index (χ4v) is 2.71. The number of halogens is 2. The van der Waals surface area contributed by atoms with Crippen LogP contribution in [0, 0.1) is 5.82 Å². The summed E-state index contributed by atoms with van der Waals surface area (Å²) >= 11 is 0. The molecule has 1 aliphatic rings. The summed E-state index contributed by atoms with van der Waals surface area (Å²) in [6.45, 7) is 7.17. The lowest BCUT2D eigenvalue weighted by atomic mass is 10.2. The van der Waals surface area contributed by atoms with Crippen molar-refractivity contribution in [3.05, 3.63) is 30.1 Å². The van der Waals surface area contributed by atoms with E-state index in [9.17, 15) is 4.39 Å². The Morgan fingerprint density at radius 3 is 2.36 bits per heavy atom. The molecule has 142 valence electrons. The molecule has 8 heteroatoms. The van der Waals surface area contributed by atoms with E-state index in [-0.39, 0.29) is 29.8 Å². The van der Waals surface area contributed by atoms with Gasteiger partial charge in [0.1, 0.15) is 5.82 Å². The molecule has 0 bridgehead atoms. The average Bonchev–Trinajstić information content (AvgIpc) is 2.62. The Morgan fingerprint density at radius 2 is 1.76 bits per heavy atom. The molecule has 1 aliphatic heterocycles. The van der Waals surface area contributed by atoms with E-state index in [4.69, 9.17) is 4.74 Å². The number of guanidine groups is 1. The van der Waals surface area contributed by atoms with Crippen LogP contribution in [0.3, 0.4) is 0 Å². The van der Waals surface area contributed by atoms with E-state index in [2.05, 4.69) is 25.4 Å². The molecule has 1 saturated heterocycles. The van der Waals surface area contributed by atoms with Crippen molar-refractivity contribution < 1.29 is 9.13 Å². The summed E-state index contributed by atoms with van der Waals surface area (Å²) in [5.41, 5.74) is 1.09. The van der Waals surface area contributed by atoms with Crippen molar-refractivity contribution in [1.82, 2.24) is 15.5 Å². The number of methoxy groups -OCH3 is 1. The maximum Gasteiger partial charge on any atom is 0.191 e. The summed E-state index contributed by atoms with van der Waals surface area (Å²) < 4.78 is 18.0. The van der Waals surface area contributed by atoms with Crippen LogP contribution in [0.2, 0.25) is 0 Å². The smallest absolute Gasteiger partial charge is 0.191 e. The summed E-state index contributed by atoms with van der Waals surface area (Å²) in [4.78, 5) is 8.91. The number of aliphatic imine (C=N–C) groups is 1. The van der Waals surface area contributed by atoms with Crippen LogP contribution in [0.15, 0.2) is 29.3 Å². The van der Waals surface area contributed by atoms with Gasteiger partial charge in [0.25, 0.3) is 0 Å². The fraction of sp³-hybridized carbons (Fsp3) is 0.588. The zero-order valence-corrected chi connectivity index (χ0v) is 17.3. The minimum atomic E-state index is -0.184. The van der Waals surface area contributed by atoms with Gasteiger partial charge in [-0.25, -0.2) is 4.39 Å². The maximum absolute atomic E-state index is 13.0. The second-order valence-electron chi connectivity index (χ2n) is 5.72.